The molecule has 1 aliphatic carbocycles. The third kappa shape index (κ3) is 6.74. The minimum absolute atomic E-state index is 0. The number of amides is 2. The largest absolute Gasteiger partial charge is 0.341 e. The minimum Gasteiger partial charge on any atom is -0.341 e. The average Bonchev–Trinajstić information content (AvgIpc) is 3.39. The number of aryl methyl sites for hydroxylation is 1. The van der Waals surface area contributed by atoms with Gasteiger partial charge in [-0.1, -0.05) is 6.07 Å². The van der Waals surface area contributed by atoms with Gasteiger partial charge in [0.15, 0.2) is 0 Å². The molecule has 6 nitrogen and oxygen atoms in total. The van der Waals surface area contributed by atoms with E-state index in [9.17, 15) is 9.59 Å². The summed E-state index contributed by atoms with van der Waals surface area (Å²) in [4.78, 5) is 30.9. The average molecular weight is 403 g/mol. The summed E-state index contributed by atoms with van der Waals surface area (Å²) in [5.41, 5.74) is 0.870. The fourth-order valence-electron chi connectivity index (χ4n) is 3.08. The van der Waals surface area contributed by atoms with E-state index in [0.717, 1.165) is 37.5 Å². The van der Waals surface area contributed by atoms with Crippen molar-refractivity contribution in [1.82, 2.24) is 15.2 Å². The van der Waals surface area contributed by atoms with Gasteiger partial charge in [-0.2, -0.15) is 0 Å². The molecule has 1 unspecified atom stereocenters. The predicted octanol–water partition coefficient (Wildman–Crippen LogP) is 2.41. The Hall–Kier alpha value is -1.37. The van der Waals surface area contributed by atoms with Crippen LogP contribution in [0.5, 0.6) is 0 Å². The highest BCUT2D eigenvalue weighted by Gasteiger charge is 2.29. The molecule has 1 saturated heterocycles. The molecule has 0 aromatic carbocycles. The molecule has 2 aliphatic rings. The van der Waals surface area contributed by atoms with E-state index >= 15 is 0 Å². The van der Waals surface area contributed by atoms with Crippen LogP contribution in [0.2, 0.25) is 0 Å². The van der Waals surface area contributed by atoms with Gasteiger partial charge in [0.25, 0.3) is 0 Å². The highest BCUT2D eigenvalue weighted by molar-refractivity contribution is 5.92. The van der Waals surface area contributed by atoms with Crippen molar-refractivity contribution in [2.45, 2.75) is 32.6 Å². The van der Waals surface area contributed by atoms with E-state index in [-0.39, 0.29) is 42.5 Å². The fourth-order valence-corrected chi connectivity index (χ4v) is 3.08. The number of piperidine rings is 1. The van der Waals surface area contributed by atoms with Crippen molar-refractivity contribution in [3.8, 4) is 0 Å². The molecule has 2 amide bonds. The van der Waals surface area contributed by atoms with Gasteiger partial charge in [-0.25, -0.2) is 4.98 Å². The smallest absolute Gasteiger partial charge is 0.236 e. The predicted molar refractivity (Wildman–Crippen MR) is 107 cm³/mol. The Bertz CT molecular complexity index is 611. The lowest BCUT2D eigenvalue weighted by molar-refractivity contribution is -0.133. The zero-order chi connectivity index (χ0) is 16.9. The van der Waals surface area contributed by atoms with Crippen LogP contribution in [0, 0.1) is 18.8 Å². The van der Waals surface area contributed by atoms with Crippen LogP contribution in [0.3, 0.4) is 0 Å². The van der Waals surface area contributed by atoms with Gasteiger partial charge in [-0.3, -0.25) is 9.59 Å². The van der Waals surface area contributed by atoms with E-state index in [1.807, 2.05) is 24.0 Å². The molecule has 0 spiro atoms. The summed E-state index contributed by atoms with van der Waals surface area (Å²) in [6.07, 6.45) is 4.24. The quantitative estimate of drug-likeness (QED) is 0.765. The lowest BCUT2D eigenvalue weighted by Crippen LogP contribution is -2.46. The van der Waals surface area contributed by atoms with Gasteiger partial charge in [0.05, 0.1) is 12.5 Å². The summed E-state index contributed by atoms with van der Waals surface area (Å²) in [6, 6.07) is 5.56. The van der Waals surface area contributed by atoms with Crippen molar-refractivity contribution in [2.75, 3.05) is 31.5 Å². The Morgan fingerprint density at radius 3 is 2.69 bits per heavy atom. The van der Waals surface area contributed by atoms with Crippen molar-refractivity contribution in [1.29, 1.82) is 0 Å². The SMILES string of the molecule is Cc1cccc(NC(=O)C2CCCN(C(=O)CNCC3CC3)C2)n1.Cl.Cl. The second-order valence-electron chi connectivity index (χ2n) is 6.91. The summed E-state index contributed by atoms with van der Waals surface area (Å²) in [5, 5.41) is 6.11. The fraction of sp³-hybridized carbons (Fsp3) is 0.611. The summed E-state index contributed by atoms with van der Waals surface area (Å²) in [7, 11) is 0. The van der Waals surface area contributed by atoms with Crippen LogP contribution in [0.15, 0.2) is 18.2 Å². The molecule has 3 rings (SSSR count). The number of nitrogens with zero attached hydrogens (tertiary/aromatic N) is 2. The number of rotatable bonds is 6. The number of hydrogen-bond acceptors (Lipinski definition) is 4. The van der Waals surface area contributed by atoms with E-state index in [1.165, 1.54) is 12.8 Å². The first kappa shape index (κ1) is 22.7. The van der Waals surface area contributed by atoms with Crippen LogP contribution in [-0.4, -0.2) is 47.9 Å². The molecule has 0 bridgehead atoms. The topological polar surface area (TPSA) is 74.3 Å². The van der Waals surface area contributed by atoms with Crippen LogP contribution < -0.4 is 10.6 Å². The third-order valence-corrected chi connectivity index (χ3v) is 4.69. The van der Waals surface area contributed by atoms with Crippen molar-refractivity contribution in [3.05, 3.63) is 23.9 Å². The Kier molecular flexibility index (Phi) is 9.33. The molecule has 146 valence electrons. The number of likely N-dealkylation sites (tertiary alicyclic amines) is 1. The second kappa shape index (κ2) is 10.7. The monoisotopic (exact) mass is 402 g/mol. The Morgan fingerprint density at radius 1 is 1.23 bits per heavy atom. The number of aromatic nitrogens is 1. The molecule has 1 aromatic heterocycles. The molecule has 1 aromatic rings. The molecular weight excluding hydrogens is 375 g/mol. The normalized spacial score (nSPS) is 19.1. The van der Waals surface area contributed by atoms with E-state index < -0.39 is 0 Å². The summed E-state index contributed by atoms with van der Waals surface area (Å²) in [6.45, 7) is 4.45. The second-order valence-corrected chi connectivity index (χ2v) is 6.91. The summed E-state index contributed by atoms with van der Waals surface area (Å²) >= 11 is 0. The van der Waals surface area contributed by atoms with Crippen molar-refractivity contribution < 1.29 is 9.59 Å². The Labute approximate surface area is 167 Å². The lowest BCUT2D eigenvalue weighted by Gasteiger charge is -2.32. The number of carbonyl (C=O) groups excluding carboxylic acids is 2. The molecule has 0 radical (unpaired) electrons. The van der Waals surface area contributed by atoms with E-state index in [0.29, 0.717) is 18.9 Å². The molecular formula is C18H28Cl2N4O2. The maximum absolute atomic E-state index is 12.5. The first-order valence-corrected chi connectivity index (χ1v) is 8.85. The molecule has 8 heteroatoms. The van der Waals surface area contributed by atoms with Crippen LogP contribution >= 0.6 is 24.8 Å². The van der Waals surface area contributed by atoms with Gasteiger partial charge in [-0.05, 0) is 57.2 Å². The lowest BCUT2D eigenvalue weighted by atomic mass is 9.97. The zero-order valence-corrected chi connectivity index (χ0v) is 16.7. The van der Waals surface area contributed by atoms with E-state index in [4.69, 9.17) is 0 Å². The standard InChI is InChI=1S/C18H26N4O2.2ClH/c1-13-4-2-6-16(20-13)21-18(24)15-5-3-9-22(12-15)17(23)11-19-10-14-7-8-14;;/h2,4,6,14-15,19H,3,5,7-12H2,1H3,(H,20,21,24);2*1H. The highest BCUT2D eigenvalue weighted by Crippen LogP contribution is 2.27. The first-order valence-electron chi connectivity index (χ1n) is 8.85. The van der Waals surface area contributed by atoms with Crippen LogP contribution in [-0.2, 0) is 9.59 Å². The number of nitrogens with one attached hydrogen (secondary N) is 2. The summed E-state index contributed by atoms with van der Waals surface area (Å²) in [5.74, 6) is 1.24. The number of pyridine rings is 1. The van der Waals surface area contributed by atoms with Crippen LogP contribution in [0.25, 0.3) is 0 Å². The highest BCUT2D eigenvalue weighted by atomic mass is 35.5. The molecule has 26 heavy (non-hydrogen) atoms. The van der Waals surface area contributed by atoms with Gasteiger partial charge in [-0.15, -0.1) is 24.8 Å². The van der Waals surface area contributed by atoms with Crippen molar-refractivity contribution in [3.63, 3.8) is 0 Å². The van der Waals surface area contributed by atoms with Crippen LogP contribution in [0.4, 0.5) is 5.82 Å². The van der Waals surface area contributed by atoms with E-state index in [2.05, 4.69) is 15.6 Å². The number of halogens is 2. The molecule has 1 aliphatic heterocycles. The van der Waals surface area contributed by atoms with Gasteiger partial charge in [0, 0.05) is 18.8 Å². The third-order valence-electron chi connectivity index (χ3n) is 4.69. The van der Waals surface area contributed by atoms with Gasteiger partial charge < -0.3 is 15.5 Å². The Balaban J connectivity index is 0.00000169. The number of anilines is 1. The Morgan fingerprint density at radius 2 is 2.00 bits per heavy atom. The maximum Gasteiger partial charge on any atom is 0.236 e. The number of hydrogen-bond donors (Lipinski definition) is 2. The first-order chi connectivity index (χ1) is 11.6. The van der Waals surface area contributed by atoms with Crippen molar-refractivity contribution in [2.24, 2.45) is 11.8 Å². The summed E-state index contributed by atoms with van der Waals surface area (Å²) < 4.78 is 0. The van der Waals surface area contributed by atoms with Gasteiger partial charge >= 0.3 is 0 Å². The molecule has 2 fully saturated rings. The molecule has 2 heterocycles. The molecule has 1 atom stereocenters. The van der Waals surface area contributed by atoms with Gasteiger partial charge in [0.2, 0.25) is 11.8 Å². The van der Waals surface area contributed by atoms with E-state index in [1.54, 1.807) is 6.07 Å². The minimum atomic E-state index is -0.159. The zero-order valence-electron chi connectivity index (χ0n) is 15.1. The van der Waals surface area contributed by atoms with Crippen molar-refractivity contribution >= 4 is 42.4 Å². The molecule has 1 saturated carbocycles. The maximum atomic E-state index is 12.5. The number of carbonyl (C=O) groups is 2. The van der Waals surface area contributed by atoms with Crippen LogP contribution in [0.1, 0.15) is 31.4 Å². The molecule has 2 N–H and O–H groups in total. The van der Waals surface area contributed by atoms with Gasteiger partial charge in [0.1, 0.15) is 5.82 Å².